The Morgan fingerprint density at radius 2 is 2.03 bits per heavy atom. The van der Waals surface area contributed by atoms with Gasteiger partial charge in [0.15, 0.2) is 0 Å². The fraction of sp³-hybridized carbons (Fsp3) is 0.542. The number of hydrogen-bond donors (Lipinski definition) is 2. The van der Waals surface area contributed by atoms with Crippen molar-refractivity contribution >= 4 is 23.2 Å². The van der Waals surface area contributed by atoms with Gasteiger partial charge >= 0.3 is 0 Å². The van der Waals surface area contributed by atoms with Crippen molar-refractivity contribution in [1.82, 2.24) is 10.4 Å². The molecule has 1 aliphatic heterocycles. The fourth-order valence-electron chi connectivity index (χ4n) is 4.00. The predicted molar refractivity (Wildman–Crippen MR) is 121 cm³/mol. The van der Waals surface area contributed by atoms with Crippen molar-refractivity contribution in [2.45, 2.75) is 50.2 Å². The highest BCUT2D eigenvalue weighted by molar-refractivity contribution is 8.00. The van der Waals surface area contributed by atoms with E-state index < -0.39 is 4.75 Å². The van der Waals surface area contributed by atoms with Crippen molar-refractivity contribution in [3.63, 3.8) is 0 Å². The van der Waals surface area contributed by atoms with Gasteiger partial charge in [0, 0.05) is 31.1 Å². The Hall–Kier alpha value is -1.74. The van der Waals surface area contributed by atoms with Crippen molar-refractivity contribution in [2.75, 3.05) is 25.9 Å². The van der Waals surface area contributed by atoms with Crippen LogP contribution >= 0.6 is 11.8 Å². The summed E-state index contributed by atoms with van der Waals surface area (Å²) >= 11 is 1.48. The van der Waals surface area contributed by atoms with E-state index in [1.165, 1.54) is 48.6 Å². The number of nitrogens with zero attached hydrogens (tertiary/aromatic N) is 1. The third kappa shape index (κ3) is 5.88. The van der Waals surface area contributed by atoms with Crippen LogP contribution in [-0.2, 0) is 4.79 Å². The molecule has 156 valence electrons. The highest BCUT2D eigenvalue weighted by Crippen LogP contribution is 2.28. The van der Waals surface area contributed by atoms with Crippen LogP contribution in [0.25, 0.3) is 5.57 Å². The highest BCUT2D eigenvalue weighted by atomic mass is 32.2. The second kappa shape index (κ2) is 10.3. The molecule has 0 spiro atoms. The van der Waals surface area contributed by atoms with Gasteiger partial charge in [-0.2, -0.15) is 0 Å². The maximum Gasteiger partial charge on any atom is 0.259 e. The van der Waals surface area contributed by atoms with Crippen molar-refractivity contribution in [1.29, 1.82) is 0 Å². The van der Waals surface area contributed by atoms with Crippen molar-refractivity contribution in [3.05, 3.63) is 41.5 Å². The topological polar surface area (TPSA) is 52.6 Å². The molecule has 3 rings (SSSR count). The molecule has 1 amide bonds. The molecular weight excluding hydrogens is 380 g/mol. The first kappa shape index (κ1) is 22.0. The molecule has 4 nitrogen and oxygen atoms in total. The first-order valence-electron chi connectivity index (χ1n) is 10.6. The maximum absolute atomic E-state index is 11.9. The van der Waals surface area contributed by atoms with Gasteiger partial charge < -0.3 is 0 Å². The summed E-state index contributed by atoms with van der Waals surface area (Å²) in [5, 5.41) is 8.96. The van der Waals surface area contributed by atoms with Crippen LogP contribution in [0.5, 0.6) is 0 Å². The molecule has 2 aliphatic rings. The molecule has 29 heavy (non-hydrogen) atoms. The summed E-state index contributed by atoms with van der Waals surface area (Å²) < 4.78 is -0.603. The Labute approximate surface area is 179 Å². The highest BCUT2D eigenvalue weighted by Gasteiger charge is 2.32. The molecule has 1 saturated carbocycles. The molecule has 1 heterocycles. The van der Waals surface area contributed by atoms with Crippen molar-refractivity contribution < 1.29 is 10.0 Å². The average Bonchev–Trinajstić information content (AvgIpc) is 3.30. The zero-order chi connectivity index (χ0) is 20.7. The Bertz CT molecular complexity index is 787. The fourth-order valence-corrected chi connectivity index (χ4v) is 4.52. The molecule has 0 bridgehead atoms. The van der Waals surface area contributed by atoms with E-state index >= 15 is 0 Å². The Kier molecular flexibility index (Phi) is 7.83. The van der Waals surface area contributed by atoms with Gasteiger partial charge in [-0.05, 0) is 62.1 Å². The average molecular weight is 413 g/mol. The third-order valence-corrected chi connectivity index (χ3v) is 7.55. The number of nitrogens with one attached hydrogen (secondary N) is 1. The predicted octanol–water partition coefficient (Wildman–Crippen LogP) is 4.33. The molecule has 1 unspecified atom stereocenters. The van der Waals surface area contributed by atoms with Crippen molar-refractivity contribution in [2.24, 2.45) is 5.92 Å². The Morgan fingerprint density at radius 3 is 2.62 bits per heavy atom. The number of carbonyl (C=O) groups is 1. The number of amides is 1. The number of hydroxylamine groups is 1. The van der Waals surface area contributed by atoms with E-state index in [4.69, 9.17) is 5.21 Å². The lowest BCUT2D eigenvalue weighted by Crippen LogP contribution is -2.43. The molecule has 0 radical (unpaired) electrons. The van der Waals surface area contributed by atoms with Gasteiger partial charge in [0.05, 0.1) is 4.75 Å². The summed E-state index contributed by atoms with van der Waals surface area (Å²) in [7, 11) is 0. The van der Waals surface area contributed by atoms with Gasteiger partial charge in [0.25, 0.3) is 5.91 Å². The van der Waals surface area contributed by atoms with E-state index in [-0.39, 0.29) is 5.91 Å². The molecule has 0 saturated heterocycles. The largest absolute Gasteiger partial charge is 0.299 e. The minimum absolute atomic E-state index is 0.325. The summed E-state index contributed by atoms with van der Waals surface area (Å²) in [5.41, 5.74) is 5.58. The number of hydrogen-bond acceptors (Lipinski definition) is 4. The van der Waals surface area contributed by atoms with Crippen molar-refractivity contribution in [3.8, 4) is 11.8 Å². The van der Waals surface area contributed by atoms with Crippen LogP contribution < -0.4 is 5.48 Å². The first-order valence-corrected chi connectivity index (χ1v) is 11.8. The number of carbonyl (C=O) groups excluding carboxylic acids is 1. The van der Waals surface area contributed by atoms with E-state index in [0.29, 0.717) is 12.3 Å². The Morgan fingerprint density at radius 1 is 1.31 bits per heavy atom. The normalized spacial score (nSPS) is 19.8. The third-order valence-electron chi connectivity index (χ3n) is 6.26. The number of thioether (sulfide) groups is 1. The first-order chi connectivity index (χ1) is 14.0. The smallest absolute Gasteiger partial charge is 0.259 e. The van der Waals surface area contributed by atoms with E-state index in [1.54, 1.807) is 5.48 Å². The van der Waals surface area contributed by atoms with E-state index in [0.717, 1.165) is 31.6 Å². The van der Waals surface area contributed by atoms with Gasteiger partial charge in [-0.15, -0.1) is 11.8 Å². The molecule has 1 aliphatic carbocycles. The lowest BCUT2D eigenvalue weighted by Gasteiger charge is -2.31. The van der Waals surface area contributed by atoms with Gasteiger partial charge in [-0.25, -0.2) is 5.48 Å². The van der Waals surface area contributed by atoms with Crippen LogP contribution in [0.15, 0.2) is 30.3 Å². The molecule has 1 atom stereocenters. The minimum atomic E-state index is -0.603. The summed E-state index contributed by atoms with van der Waals surface area (Å²) in [6.45, 7) is 4.60. The molecule has 2 N–H and O–H groups in total. The quantitative estimate of drug-likeness (QED) is 0.415. The van der Waals surface area contributed by atoms with Crippen LogP contribution in [0, 0.1) is 17.8 Å². The van der Waals surface area contributed by atoms with Crippen LogP contribution in [-0.4, -0.2) is 46.7 Å². The summed E-state index contributed by atoms with van der Waals surface area (Å²) in [6.07, 6.45) is 11.1. The van der Waals surface area contributed by atoms with Gasteiger partial charge in [-0.3, -0.25) is 14.9 Å². The monoisotopic (exact) mass is 412 g/mol. The second-order valence-electron chi connectivity index (χ2n) is 8.23. The van der Waals surface area contributed by atoms with Crippen LogP contribution in [0.3, 0.4) is 0 Å². The van der Waals surface area contributed by atoms with Crippen LogP contribution in [0.4, 0.5) is 0 Å². The molecular formula is C24H32N2O2S. The standard InChI is InChI=1S/C24H32N2O2S/c1-24(29-2,23(27)25-28)15-18-26-16-13-22(14-17-26)21-11-9-20(10-12-21)8-7-19-5-3-4-6-19/h9-13,19,28H,3-6,14-18H2,1-2H3,(H,25,27). The van der Waals surface area contributed by atoms with E-state index in [1.807, 2.05) is 13.2 Å². The maximum atomic E-state index is 11.9. The molecule has 0 aromatic heterocycles. The molecule has 5 heteroatoms. The SMILES string of the molecule is CSC(C)(CCN1CC=C(c2ccc(C#CC3CCCC3)cc2)CC1)C(=O)NO. The summed E-state index contributed by atoms with van der Waals surface area (Å²) in [6, 6.07) is 8.66. The lowest BCUT2D eigenvalue weighted by atomic mass is 9.97. The minimum Gasteiger partial charge on any atom is -0.299 e. The van der Waals surface area contributed by atoms with Gasteiger partial charge in [-0.1, -0.05) is 42.9 Å². The Balaban J connectivity index is 1.53. The van der Waals surface area contributed by atoms with E-state index in [2.05, 4.69) is 47.1 Å². The molecule has 1 fully saturated rings. The zero-order valence-corrected chi connectivity index (χ0v) is 18.4. The van der Waals surface area contributed by atoms with Gasteiger partial charge in [0.2, 0.25) is 0 Å². The zero-order valence-electron chi connectivity index (χ0n) is 17.5. The summed E-state index contributed by atoms with van der Waals surface area (Å²) in [4.78, 5) is 14.3. The second-order valence-corrected chi connectivity index (χ2v) is 9.54. The van der Waals surface area contributed by atoms with E-state index in [9.17, 15) is 4.79 Å². The number of benzene rings is 1. The van der Waals surface area contributed by atoms with Crippen LogP contribution in [0.2, 0.25) is 0 Å². The lowest BCUT2D eigenvalue weighted by molar-refractivity contribution is -0.131. The van der Waals surface area contributed by atoms with Gasteiger partial charge in [0.1, 0.15) is 0 Å². The number of rotatable bonds is 6. The summed E-state index contributed by atoms with van der Waals surface area (Å²) in [5.74, 6) is 7.04. The van der Waals surface area contributed by atoms with Crippen LogP contribution in [0.1, 0.15) is 56.6 Å². The molecule has 1 aromatic rings. The molecule has 1 aromatic carbocycles.